The summed E-state index contributed by atoms with van der Waals surface area (Å²) in [6.07, 6.45) is 6.06. The fourth-order valence-electron chi connectivity index (χ4n) is 3.82. The molecule has 2 fully saturated rings. The number of nitrogens with zero attached hydrogens (tertiary/aromatic N) is 3. The highest BCUT2D eigenvalue weighted by Gasteiger charge is 2.18. The second-order valence-corrected chi connectivity index (χ2v) is 7.97. The van der Waals surface area contributed by atoms with Crippen LogP contribution in [0.3, 0.4) is 0 Å². The van der Waals surface area contributed by atoms with Crippen molar-refractivity contribution < 1.29 is 9.53 Å². The number of nitrogens with one attached hydrogen (secondary N) is 2. The molecule has 7 nitrogen and oxygen atoms in total. The van der Waals surface area contributed by atoms with Gasteiger partial charge in [0.15, 0.2) is 0 Å². The van der Waals surface area contributed by atoms with Gasteiger partial charge in [0.05, 0.1) is 6.10 Å². The number of hydrogen-bond acceptors (Lipinski definition) is 6. The van der Waals surface area contributed by atoms with Crippen molar-refractivity contribution >= 4 is 23.1 Å². The van der Waals surface area contributed by atoms with Gasteiger partial charge in [-0.15, -0.1) is 0 Å². The SMILES string of the molecule is CC1CCN(c2ccc(Nc3cc(C(=O)NCC4CCCO4)ncn3)cc2)CC1. The van der Waals surface area contributed by atoms with Gasteiger partial charge in [-0.05, 0) is 55.9 Å². The number of anilines is 3. The van der Waals surface area contributed by atoms with Crippen LogP contribution in [0.25, 0.3) is 0 Å². The highest BCUT2D eigenvalue weighted by Crippen LogP contribution is 2.25. The molecule has 2 aliphatic heterocycles. The third kappa shape index (κ3) is 5.23. The maximum atomic E-state index is 12.4. The van der Waals surface area contributed by atoms with Crippen molar-refractivity contribution in [2.45, 2.75) is 38.7 Å². The van der Waals surface area contributed by atoms with E-state index in [2.05, 4.69) is 44.6 Å². The predicted octanol–water partition coefficient (Wildman–Crippen LogP) is 3.37. The van der Waals surface area contributed by atoms with E-state index >= 15 is 0 Å². The summed E-state index contributed by atoms with van der Waals surface area (Å²) >= 11 is 0. The molecule has 2 aromatic rings. The van der Waals surface area contributed by atoms with E-state index < -0.39 is 0 Å². The second kappa shape index (κ2) is 9.22. The van der Waals surface area contributed by atoms with Crippen LogP contribution >= 0.6 is 0 Å². The number of carbonyl (C=O) groups is 1. The summed E-state index contributed by atoms with van der Waals surface area (Å²) in [5.74, 6) is 1.21. The number of piperidine rings is 1. The quantitative estimate of drug-likeness (QED) is 0.781. The minimum absolute atomic E-state index is 0.111. The Balaban J connectivity index is 1.34. The molecular formula is C22H29N5O2. The van der Waals surface area contributed by atoms with Crippen LogP contribution in [-0.2, 0) is 4.74 Å². The first-order chi connectivity index (χ1) is 14.2. The highest BCUT2D eigenvalue weighted by molar-refractivity contribution is 5.93. The molecule has 2 saturated heterocycles. The molecule has 154 valence electrons. The Kier molecular flexibility index (Phi) is 6.24. The van der Waals surface area contributed by atoms with Gasteiger partial charge in [-0.25, -0.2) is 9.97 Å². The van der Waals surface area contributed by atoms with Gasteiger partial charge in [0, 0.05) is 43.7 Å². The zero-order valence-corrected chi connectivity index (χ0v) is 16.9. The molecule has 2 aliphatic rings. The number of ether oxygens (including phenoxy) is 1. The molecule has 0 radical (unpaired) electrons. The summed E-state index contributed by atoms with van der Waals surface area (Å²) in [6.45, 7) is 5.84. The van der Waals surface area contributed by atoms with E-state index in [1.54, 1.807) is 6.07 Å². The molecule has 29 heavy (non-hydrogen) atoms. The maximum Gasteiger partial charge on any atom is 0.270 e. The van der Waals surface area contributed by atoms with Crippen LogP contribution in [0.2, 0.25) is 0 Å². The van der Waals surface area contributed by atoms with Gasteiger partial charge >= 0.3 is 0 Å². The highest BCUT2D eigenvalue weighted by atomic mass is 16.5. The van der Waals surface area contributed by atoms with Crippen molar-refractivity contribution in [1.82, 2.24) is 15.3 Å². The summed E-state index contributed by atoms with van der Waals surface area (Å²) in [5, 5.41) is 6.15. The fourth-order valence-corrected chi connectivity index (χ4v) is 3.82. The van der Waals surface area contributed by atoms with Crippen molar-refractivity contribution in [1.29, 1.82) is 0 Å². The largest absolute Gasteiger partial charge is 0.376 e. The lowest BCUT2D eigenvalue weighted by Crippen LogP contribution is -2.32. The molecule has 1 amide bonds. The average molecular weight is 396 g/mol. The topological polar surface area (TPSA) is 79.4 Å². The average Bonchev–Trinajstić information content (AvgIpc) is 3.27. The van der Waals surface area contributed by atoms with Crippen molar-refractivity contribution in [3.63, 3.8) is 0 Å². The van der Waals surface area contributed by atoms with E-state index in [1.165, 1.54) is 24.9 Å². The monoisotopic (exact) mass is 395 g/mol. The molecule has 1 atom stereocenters. The minimum atomic E-state index is -0.208. The van der Waals surface area contributed by atoms with Crippen LogP contribution in [0.4, 0.5) is 17.2 Å². The molecular weight excluding hydrogens is 366 g/mol. The molecule has 0 saturated carbocycles. The Bertz CT molecular complexity index is 812. The van der Waals surface area contributed by atoms with E-state index in [4.69, 9.17) is 4.74 Å². The van der Waals surface area contributed by atoms with Crippen LogP contribution in [0, 0.1) is 5.92 Å². The fraction of sp³-hybridized carbons (Fsp3) is 0.500. The van der Waals surface area contributed by atoms with E-state index in [0.29, 0.717) is 18.1 Å². The Hall–Kier alpha value is -2.67. The smallest absolute Gasteiger partial charge is 0.270 e. The third-order valence-electron chi connectivity index (χ3n) is 5.70. The first-order valence-corrected chi connectivity index (χ1v) is 10.5. The van der Waals surface area contributed by atoms with Gasteiger partial charge in [0.1, 0.15) is 17.8 Å². The molecule has 0 bridgehead atoms. The van der Waals surface area contributed by atoms with Crippen LogP contribution in [-0.4, -0.2) is 48.2 Å². The molecule has 7 heteroatoms. The lowest BCUT2D eigenvalue weighted by Gasteiger charge is -2.32. The van der Waals surface area contributed by atoms with Gasteiger partial charge in [-0.2, -0.15) is 0 Å². The second-order valence-electron chi connectivity index (χ2n) is 7.97. The lowest BCUT2D eigenvalue weighted by molar-refractivity contribution is 0.0853. The molecule has 1 unspecified atom stereocenters. The Morgan fingerprint density at radius 2 is 1.97 bits per heavy atom. The van der Waals surface area contributed by atoms with Crippen LogP contribution < -0.4 is 15.5 Å². The molecule has 4 rings (SSSR count). The van der Waals surface area contributed by atoms with E-state index in [-0.39, 0.29) is 12.0 Å². The van der Waals surface area contributed by atoms with Gasteiger partial charge < -0.3 is 20.3 Å². The van der Waals surface area contributed by atoms with E-state index in [9.17, 15) is 4.79 Å². The van der Waals surface area contributed by atoms with Gasteiger partial charge in [0.25, 0.3) is 5.91 Å². The van der Waals surface area contributed by atoms with Crippen LogP contribution in [0.15, 0.2) is 36.7 Å². The van der Waals surface area contributed by atoms with Gasteiger partial charge in [-0.1, -0.05) is 6.92 Å². The van der Waals surface area contributed by atoms with Gasteiger partial charge in [0.2, 0.25) is 0 Å². The third-order valence-corrected chi connectivity index (χ3v) is 5.70. The summed E-state index contributed by atoms with van der Waals surface area (Å²) in [4.78, 5) is 23.1. The number of amides is 1. The Morgan fingerprint density at radius 1 is 1.17 bits per heavy atom. The maximum absolute atomic E-state index is 12.4. The summed E-state index contributed by atoms with van der Waals surface area (Å²) in [6, 6.07) is 10.0. The van der Waals surface area contributed by atoms with Crippen LogP contribution in [0.1, 0.15) is 43.1 Å². The molecule has 0 spiro atoms. The number of hydrogen-bond donors (Lipinski definition) is 2. The predicted molar refractivity (Wildman–Crippen MR) is 114 cm³/mol. The van der Waals surface area contributed by atoms with Gasteiger partial charge in [-0.3, -0.25) is 4.79 Å². The number of benzene rings is 1. The van der Waals surface area contributed by atoms with E-state index in [0.717, 1.165) is 44.1 Å². The number of carbonyl (C=O) groups excluding carboxylic acids is 1. The summed E-state index contributed by atoms with van der Waals surface area (Å²) in [5.41, 5.74) is 2.53. The lowest BCUT2D eigenvalue weighted by atomic mass is 9.99. The first kappa shape index (κ1) is 19.6. The molecule has 0 aliphatic carbocycles. The normalized spacial score (nSPS) is 19.9. The summed E-state index contributed by atoms with van der Waals surface area (Å²) in [7, 11) is 0. The van der Waals surface area contributed by atoms with Crippen molar-refractivity contribution in [3.05, 3.63) is 42.4 Å². The molecule has 1 aromatic heterocycles. The number of aromatic nitrogens is 2. The van der Waals surface area contributed by atoms with Crippen molar-refractivity contribution in [2.24, 2.45) is 5.92 Å². The zero-order valence-electron chi connectivity index (χ0n) is 16.9. The molecule has 1 aromatic carbocycles. The van der Waals surface area contributed by atoms with E-state index in [1.807, 2.05) is 12.1 Å². The molecule has 2 N–H and O–H groups in total. The molecule has 3 heterocycles. The van der Waals surface area contributed by atoms with Crippen molar-refractivity contribution in [3.8, 4) is 0 Å². The Morgan fingerprint density at radius 3 is 2.69 bits per heavy atom. The van der Waals surface area contributed by atoms with Crippen molar-refractivity contribution in [2.75, 3.05) is 36.5 Å². The Labute approximate surface area is 171 Å². The standard InChI is InChI=1S/C22H29N5O2/c1-16-8-10-27(11-9-16)18-6-4-17(5-7-18)26-21-13-20(24-15-25-21)22(28)23-14-19-3-2-12-29-19/h4-7,13,15-16,19H,2-3,8-12,14H2,1H3,(H,23,28)(H,24,25,26). The minimum Gasteiger partial charge on any atom is -0.376 e. The first-order valence-electron chi connectivity index (χ1n) is 10.5. The summed E-state index contributed by atoms with van der Waals surface area (Å²) < 4.78 is 5.54. The van der Waals surface area contributed by atoms with Crippen LogP contribution in [0.5, 0.6) is 0 Å². The zero-order chi connectivity index (χ0) is 20.1. The number of rotatable bonds is 6.